The Labute approximate surface area is 202 Å². The maximum atomic E-state index is 12.5. The highest BCUT2D eigenvalue weighted by Gasteiger charge is 2.16. The minimum absolute atomic E-state index is 0.0344. The maximum Gasteiger partial charge on any atom is 0.254 e. The van der Waals surface area contributed by atoms with E-state index in [2.05, 4.69) is 15.3 Å². The molecule has 0 fully saturated rings. The Bertz CT molecular complexity index is 1120. The lowest BCUT2D eigenvalue weighted by Gasteiger charge is -2.16. The van der Waals surface area contributed by atoms with Crippen molar-refractivity contribution in [1.29, 1.82) is 0 Å². The van der Waals surface area contributed by atoms with Gasteiger partial charge in [-0.3, -0.25) is 9.59 Å². The van der Waals surface area contributed by atoms with Crippen molar-refractivity contribution in [3.63, 3.8) is 0 Å². The fourth-order valence-corrected chi connectivity index (χ4v) is 4.98. The summed E-state index contributed by atoms with van der Waals surface area (Å²) in [5.41, 5.74) is 2.96. The second-order valence-corrected chi connectivity index (χ2v) is 9.33. The first-order chi connectivity index (χ1) is 15.3. The second-order valence-electron chi connectivity index (χ2n) is 7.55. The zero-order chi connectivity index (χ0) is 23.1. The number of nitrogens with zero attached hydrogens (tertiary/aromatic N) is 1. The largest absolute Gasteiger partial charge is 0.355 e. The van der Waals surface area contributed by atoms with Crippen LogP contribution in [0.1, 0.15) is 41.6 Å². The number of aromatic nitrogens is 2. The molecule has 8 heteroatoms. The molecule has 1 amide bonds. The predicted octanol–water partition coefficient (Wildman–Crippen LogP) is 5.53. The summed E-state index contributed by atoms with van der Waals surface area (Å²) in [5.74, 6) is 0.549. The highest BCUT2D eigenvalue weighted by Crippen LogP contribution is 2.31. The predicted molar refractivity (Wildman–Crippen MR) is 132 cm³/mol. The highest BCUT2D eigenvalue weighted by atomic mass is 35.5. The van der Waals surface area contributed by atoms with E-state index in [-0.39, 0.29) is 23.8 Å². The van der Waals surface area contributed by atoms with E-state index in [1.807, 2.05) is 37.3 Å². The number of carbonyl (C=O) groups excluding carboxylic acids is 1. The summed E-state index contributed by atoms with van der Waals surface area (Å²) in [6, 6.07) is 15.4. The molecule has 1 heterocycles. The van der Waals surface area contributed by atoms with Gasteiger partial charge in [0, 0.05) is 45.9 Å². The molecule has 2 aromatic carbocycles. The smallest absolute Gasteiger partial charge is 0.254 e. The number of H-pyrrole nitrogens is 1. The van der Waals surface area contributed by atoms with Gasteiger partial charge < -0.3 is 10.3 Å². The Morgan fingerprint density at radius 1 is 1.12 bits per heavy atom. The van der Waals surface area contributed by atoms with Crippen LogP contribution in [0.15, 0.2) is 58.5 Å². The van der Waals surface area contributed by atoms with Crippen LogP contribution in [0.4, 0.5) is 0 Å². The van der Waals surface area contributed by atoms with Gasteiger partial charge in [0.1, 0.15) is 0 Å². The number of thioether (sulfide) groups is 1. The van der Waals surface area contributed by atoms with Crippen molar-refractivity contribution in [2.24, 2.45) is 0 Å². The van der Waals surface area contributed by atoms with Crippen LogP contribution in [0.2, 0.25) is 10.0 Å². The third-order valence-electron chi connectivity index (χ3n) is 5.12. The van der Waals surface area contributed by atoms with Gasteiger partial charge in [0.2, 0.25) is 5.91 Å². The van der Waals surface area contributed by atoms with E-state index in [0.717, 1.165) is 16.9 Å². The molecule has 0 saturated heterocycles. The van der Waals surface area contributed by atoms with Gasteiger partial charge in [-0.1, -0.05) is 78.3 Å². The summed E-state index contributed by atoms with van der Waals surface area (Å²) in [5, 5.41) is 4.64. The molecule has 0 aliphatic heterocycles. The number of benzene rings is 2. The number of hydrogen-bond donors (Lipinski definition) is 2. The van der Waals surface area contributed by atoms with Gasteiger partial charge in [0.15, 0.2) is 5.16 Å². The van der Waals surface area contributed by atoms with Crippen molar-refractivity contribution in [2.75, 3.05) is 6.54 Å². The molecule has 32 heavy (non-hydrogen) atoms. The number of amides is 1. The molecule has 0 bridgehead atoms. The van der Waals surface area contributed by atoms with E-state index < -0.39 is 0 Å². The number of aromatic amines is 1. The molecule has 0 radical (unpaired) electrons. The lowest BCUT2D eigenvalue weighted by Crippen LogP contribution is -2.29. The molecule has 0 aliphatic carbocycles. The van der Waals surface area contributed by atoms with Gasteiger partial charge in [0.25, 0.3) is 5.56 Å². The highest BCUT2D eigenvalue weighted by molar-refractivity contribution is 7.98. The van der Waals surface area contributed by atoms with Gasteiger partial charge in [-0.25, -0.2) is 4.98 Å². The van der Waals surface area contributed by atoms with E-state index in [9.17, 15) is 9.59 Å². The van der Waals surface area contributed by atoms with Crippen LogP contribution >= 0.6 is 35.0 Å². The van der Waals surface area contributed by atoms with E-state index in [0.29, 0.717) is 39.4 Å². The fourth-order valence-electron chi connectivity index (χ4n) is 3.35. The molecule has 1 atom stereocenters. The number of rotatable bonds is 9. The molecule has 3 aromatic rings. The Hall–Kier alpha value is -2.28. The molecule has 1 aromatic heterocycles. The van der Waals surface area contributed by atoms with E-state index in [1.165, 1.54) is 11.8 Å². The minimum atomic E-state index is -0.197. The molecular formula is C24H25Cl2N3O2S. The number of halogens is 2. The quantitative estimate of drug-likeness (QED) is 0.306. The molecule has 0 saturated carbocycles. The second kappa shape index (κ2) is 11.5. The van der Waals surface area contributed by atoms with Crippen molar-refractivity contribution in [1.82, 2.24) is 15.3 Å². The van der Waals surface area contributed by atoms with Gasteiger partial charge in [-0.2, -0.15) is 0 Å². The third kappa shape index (κ3) is 6.61. The molecule has 0 aliphatic rings. The normalized spacial score (nSPS) is 11.9. The molecule has 5 nitrogen and oxygen atoms in total. The maximum absolute atomic E-state index is 12.5. The van der Waals surface area contributed by atoms with Crippen molar-refractivity contribution >= 4 is 40.9 Å². The van der Waals surface area contributed by atoms with Crippen molar-refractivity contribution in [3.05, 3.63) is 91.3 Å². The summed E-state index contributed by atoms with van der Waals surface area (Å²) >= 11 is 14.0. The Morgan fingerprint density at radius 3 is 2.47 bits per heavy atom. The van der Waals surface area contributed by atoms with Crippen molar-refractivity contribution < 1.29 is 4.79 Å². The molecule has 1 unspecified atom stereocenters. The van der Waals surface area contributed by atoms with Gasteiger partial charge in [-0.15, -0.1) is 0 Å². The molecular weight excluding hydrogens is 465 g/mol. The molecule has 2 N–H and O–H groups in total. The minimum Gasteiger partial charge on any atom is -0.355 e. The summed E-state index contributed by atoms with van der Waals surface area (Å²) in [6.07, 6.45) is 0.524. The van der Waals surface area contributed by atoms with E-state index >= 15 is 0 Å². The third-order valence-corrected chi connectivity index (χ3v) is 6.72. The first kappa shape index (κ1) is 24.4. The average Bonchev–Trinajstić information content (AvgIpc) is 2.76. The monoisotopic (exact) mass is 489 g/mol. The van der Waals surface area contributed by atoms with E-state index in [1.54, 1.807) is 25.1 Å². The molecule has 3 rings (SSSR count). The zero-order valence-corrected chi connectivity index (χ0v) is 20.3. The van der Waals surface area contributed by atoms with Crippen LogP contribution in [-0.4, -0.2) is 22.4 Å². The van der Waals surface area contributed by atoms with E-state index in [4.69, 9.17) is 23.2 Å². The number of nitrogens with one attached hydrogen (secondary N) is 2. The van der Waals surface area contributed by atoms with Crippen LogP contribution in [0.25, 0.3) is 0 Å². The molecule has 0 spiro atoms. The Kier molecular flexibility index (Phi) is 8.79. The average molecular weight is 490 g/mol. The van der Waals surface area contributed by atoms with Crippen LogP contribution in [0.5, 0.6) is 0 Å². The van der Waals surface area contributed by atoms with Crippen LogP contribution < -0.4 is 10.9 Å². The van der Waals surface area contributed by atoms with Gasteiger partial charge in [-0.05, 0) is 36.6 Å². The Balaban J connectivity index is 1.53. The van der Waals surface area contributed by atoms with Crippen LogP contribution in [0, 0.1) is 6.92 Å². The van der Waals surface area contributed by atoms with Gasteiger partial charge in [0.05, 0.1) is 0 Å². The topological polar surface area (TPSA) is 74.8 Å². The fraction of sp³-hybridized carbons (Fsp3) is 0.292. The lowest BCUT2D eigenvalue weighted by atomic mass is 10.0. The van der Waals surface area contributed by atoms with Crippen molar-refractivity contribution in [3.8, 4) is 0 Å². The number of aryl methyl sites for hydroxylation is 1. The summed E-state index contributed by atoms with van der Waals surface area (Å²) in [7, 11) is 0. The molecule has 168 valence electrons. The summed E-state index contributed by atoms with van der Waals surface area (Å²) in [6.45, 7) is 4.17. The van der Waals surface area contributed by atoms with Gasteiger partial charge >= 0.3 is 0 Å². The number of hydrogen-bond acceptors (Lipinski definition) is 4. The zero-order valence-electron chi connectivity index (χ0n) is 18.0. The van der Waals surface area contributed by atoms with Crippen LogP contribution in [-0.2, 0) is 17.0 Å². The SMILES string of the molecule is Cc1nc(SCc2ccccc2)[nH]c(=O)c1CCC(=O)NCC(C)c1c(Cl)cccc1Cl. The lowest BCUT2D eigenvalue weighted by molar-refractivity contribution is -0.121. The Morgan fingerprint density at radius 2 is 1.81 bits per heavy atom. The summed E-state index contributed by atoms with van der Waals surface area (Å²) < 4.78 is 0. The summed E-state index contributed by atoms with van der Waals surface area (Å²) in [4.78, 5) is 32.2. The number of carbonyl (C=O) groups is 1. The first-order valence-electron chi connectivity index (χ1n) is 10.3. The van der Waals surface area contributed by atoms with Crippen LogP contribution in [0.3, 0.4) is 0 Å². The standard InChI is InChI=1S/C24H25Cl2N3O2S/c1-15(22-19(25)9-6-10-20(22)26)13-27-21(30)12-11-18-16(2)28-24(29-23(18)31)32-14-17-7-4-3-5-8-17/h3-10,15H,11-14H2,1-2H3,(H,27,30)(H,28,29,31). The van der Waals surface area contributed by atoms with Crippen molar-refractivity contribution in [2.45, 2.75) is 43.5 Å². The first-order valence-corrected chi connectivity index (χ1v) is 12.1.